The van der Waals surface area contributed by atoms with Crippen molar-refractivity contribution in [1.82, 2.24) is 14.9 Å². The van der Waals surface area contributed by atoms with E-state index in [1.54, 1.807) is 24.3 Å². The van der Waals surface area contributed by atoms with Gasteiger partial charge in [-0.3, -0.25) is 28.2 Å². The van der Waals surface area contributed by atoms with Crippen molar-refractivity contribution in [3.63, 3.8) is 0 Å². The second kappa shape index (κ2) is 27.1. The molecule has 1 amide bonds. The number of carbonyl (C=O) groups excluding carboxylic acids is 2. The van der Waals surface area contributed by atoms with Crippen LogP contribution in [-0.2, 0) is 39.2 Å². The number of ether oxygens (including phenoxy) is 3. The minimum atomic E-state index is -4.58. The number of benzene rings is 1. The van der Waals surface area contributed by atoms with Gasteiger partial charge in [0.25, 0.3) is 5.56 Å². The molecule has 0 radical (unpaired) electrons. The molecule has 1 fully saturated rings. The van der Waals surface area contributed by atoms with E-state index in [4.69, 9.17) is 18.7 Å². The number of amides is 1. The number of phosphoric acid groups is 1. The van der Waals surface area contributed by atoms with Crippen molar-refractivity contribution in [2.75, 3.05) is 20.3 Å². The summed E-state index contributed by atoms with van der Waals surface area (Å²) >= 11 is 0. The highest BCUT2D eigenvalue weighted by molar-refractivity contribution is 7.47. The molecule has 5 atom stereocenters. The van der Waals surface area contributed by atoms with Gasteiger partial charge in [0.1, 0.15) is 31.6 Å². The molecule has 2 unspecified atom stereocenters. The second-order valence-corrected chi connectivity index (χ2v) is 15.9. The van der Waals surface area contributed by atoms with Crippen LogP contribution in [0.5, 0.6) is 0 Å². The maximum absolute atomic E-state index is 12.8. The number of nitrogens with zero attached hydrogens (tertiary/aromatic N) is 1. The molecule has 1 aliphatic heterocycles. The Balaban J connectivity index is 1.43. The van der Waals surface area contributed by atoms with Gasteiger partial charge < -0.3 is 24.4 Å². The van der Waals surface area contributed by atoms with E-state index in [1.807, 2.05) is 18.2 Å². The van der Waals surface area contributed by atoms with E-state index >= 15 is 0 Å². The molecule has 3 rings (SSSR count). The third kappa shape index (κ3) is 18.6. The Labute approximate surface area is 331 Å². The molecule has 14 nitrogen and oxygen atoms in total. The highest BCUT2D eigenvalue weighted by Gasteiger charge is 2.49. The number of H-pyrrole nitrogens is 1. The standard InChI is InChI=1S/C41H64N3O11P/c1-3-4-5-6-7-8-9-10-11-12-13-16-22-27-36(45)42-29-23-17-14-15-21-26-34-38(55-56(49,50)51-2)35(54-39(34)44-30-28-37(46)43-40(44)47)32-53-41(48)52-31-33-24-19-18-20-25-33/h15,18-21,24-25,28,30,34-35,38-39H,3-14,16-17,22-23,26-27,29,31-32H2,1-2H3,(H,42,45)(H,49,50)(H,43,46,47)/b21-15+/t34?,35-,38-,39-/m1/s1. The maximum Gasteiger partial charge on any atom is 0.508 e. The second-order valence-electron chi connectivity index (χ2n) is 14.3. The number of hydrogen-bond donors (Lipinski definition) is 3. The lowest BCUT2D eigenvalue weighted by Crippen LogP contribution is -2.35. The van der Waals surface area contributed by atoms with Gasteiger partial charge in [-0.2, -0.15) is 0 Å². The SMILES string of the molecule is CCCCCCCCCCCCCCCC(=O)NCCCC/C=C/CC1[C@@H](OP(=O)(O)OC)[C@@H](COC(=O)OCc2ccccc2)O[C@H]1n1ccc(=O)[nH]c1=O. The number of nitrogens with one attached hydrogen (secondary N) is 2. The van der Waals surface area contributed by atoms with Crippen LogP contribution < -0.4 is 16.6 Å². The Morgan fingerprint density at radius 2 is 1.55 bits per heavy atom. The van der Waals surface area contributed by atoms with Gasteiger partial charge in [-0.25, -0.2) is 14.2 Å². The number of aromatic amines is 1. The van der Waals surface area contributed by atoms with Crippen molar-refractivity contribution in [1.29, 1.82) is 0 Å². The smallest absolute Gasteiger partial charge is 0.431 e. The number of carbonyl (C=O) groups is 2. The van der Waals surface area contributed by atoms with Crippen molar-refractivity contribution in [2.45, 2.75) is 148 Å². The summed E-state index contributed by atoms with van der Waals surface area (Å²) < 4.78 is 40.6. The monoisotopic (exact) mass is 805 g/mol. The molecule has 1 aliphatic rings. The molecule has 0 aliphatic carbocycles. The first-order chi connectivity index (χ1) is 27.1. The van der Waals surface area contributed by atoms with E-state index in [0.717, 1.165) is 49.0 Å². The summed E-state index contributed by atoms with van der Waals surface area (Å²) in [5.74, 6) is -0.663. The molecule has 1 aromatic heterocycles. The largest absolute Gasteiger partial charge is 0.508 e. The van der Waals surface area contributed by atoms with Gasteiger partial charge in [0.15, 0.2) is 0 Å². The molecular formula is C41H64N3O11P. The number of unbranched alkanes of at least 4 members (excludes halogenated alkanes) is 14. The fourth-order valence-corrected chi connectivity index (χ4v) is 7.39. The van der Waals surface area contributed by atoms with Crippen LogP contribution in [0, 0.1) is 5.92 Å². The number of aromatic nitrogens is 2. The third-order valence-electron chi connectivity index (χ3n) is 9.85. The maximum atomic E-state index is 12.8. The summed E-state index contributed by atoms with van der Waals surface area (Å²) in [7, 11) is -3.56. The van der Waals surface area contributed by atoms with Crippen LogP contribution >= 0.6 is 7.82 Å². The average molecular weight is 806 g/mol. The molecular weight excluding hydrogens is 741 g/mol. The molecule has 15 heteroatoms. The summed E-state index contributed by atoms with van der Waals surface area (Å²) in [5.41, 5.74) is -0.614. The van der Waals surface area contributed by atoms with Crippen LogP contribution in [0.1, 0.15) is 134 Å². The highest BCUT2D eigenvalue weighted by atomic mass is 31.2. The summed E-state index contributed by atoms with van der Waals surface area (Å²) in [4.78, 5) is 61.8. The molecule has 1 aromatic carbocycles. The molecule has 0 spiro atoms. The molecule has 56 heavy (non-hydrogen) atoms. The van der Waals surface area contributed by atoms with Gasteiger partial charge in [0.2, 0.25) is 5.91 Å². The number of phosphoric ester groups is 1. The Bertz CT molecular complexity index is 1600. The Hall–Kier alpha value is -3.55. The van der Waals surface area contributed by atoms with E-state index in [1.165, 1.54) is 76.8 Å². The van der Waals surface area contributed by atoms with E-state index in [0.29, 0.717) is 19.4 Å². The molecule has 0 bridgehead atoms. The fraction of sp³-hybridized carbons (Fsp3) is 0.659. The van der Waals surface area contributed by atoms with Crippen LogP contribution in [0.2, 0.25) is 0 Å². The van der Waals surface area contributed by atoms with Gasteiger partial charge in [-0.05, 0) is 37.7 Å². The highest BCUT2D eigenvalue weighted by Crippen LogP contribution is 2.50. The predicted molar refractivity (Wildman–Crippen MR) is 214 cm³/mol. The molecule has 2 heterocycles. The minimum Gasteiger partial charge on any atom is -0.431 e. The summed E-state index contributed by atoms with van der Waals surface area (Å²) in [6.45, 7) is 2.38. The molecule has 2 aromatic rings. The molecule has 1 saturated heterocycles. The van der Waals surface area contributed by atoms with Gasteiger partial charge in [-0.15, -0.1) is 0 Å². The van der Waals surface area contributed by atoms with Gasteiger partial charge in [-0.1, -0.05) is 126 Å². The molecule has 0 saturated carbocycles. The van der Waals surface area contributed by atoms with Crippen LogP contribution in [0.15, 0.2) is 64.3 Å². The lowest BCUT2D eigenvalue weighted by molar-refractivity contribution is -0.121. The lowest BCUT2D eigenvalue weighted by atomic mass is 9.95. The van der Waals surface area contributed by atoms with Crippen molar-refractivity contribution in [3.8, 4) is 0 Å². The van der Waals surface area contributed by atoms with E-state index in [2.05, 4.69) is 21.7 Å². The van der Waals surface area contributed by atoms with Crippen LogP contribution in [0.4, 0.5) is 4.79 Å². The Kier molecular flexibility index (Phi) is 22.7. The fourth-order valence-electron chi connectivity index (χ4n) is 6.71. The van der Waals surface area contributed by atoms with E-state index in [9.17, 15) is 28.6 Å². The van der Waals surface area contributed by atoms with E-state index in [-0.39, 0.29) is 18.9 Å². The number of rotatable bonds is 29. The summed E-state index contributed by atoms with van der Waals surface area (Å²) in [6, 6.07) is 10.2. The zero-order chi connectivity index (χ0) is 40.4. The normalized spacial score (nSPS) is 19.2. The zero-order valence-corrected chi connectivity index (χ0v) is 34.2. The third-order valence-corrected chi connectivity index (χ3v) is 10.8. The van der Waals surface area contributed by atoms with Gasteiger partial charge in [0.05, 0.1) is 0 Å². The van der Waals surface area contributed by atoms with Gasteiger partial charge >= 0.3 is 19.7 Å². The summed E-state index contributed by atoms with van der Waals surface area (Å²) in [5, 5.41) is 3.01. The van der Waals surface area contributed by atoms with Crippen molar-refractivity contribution < 1.29 is 42.3 Å². The molecule has 314 valence electrons. The lowest BCUT2D eigenvalue weighted by Gasteiger charge is -2.25. The minimum absolute atomic E-state index is 0.0324. The zero-order valence-electron chi connectivity index (χ0n) is 33.3. The number of hydrogen-bond acceptors (Lipinski definition) is 10. The Morgan fingerprint density at radius 1 is 0.893 bits per heavy atom. The number of allylic oxidation sites excluding steroid dienone is 2. The first-order valence-electron chi connectivity index (χ1n) is 20.4. The Morgan fingerprint density at radius 3 is 2.20 bits per heavy atom. The first-order valence-corrected chi connectivity index (χ1v) is 21.9. The first kappa shape index (κ1) is 46.8. The predicted octanol–water partition coefficient (Wildman–Crippen LogP) is 8.25. The summed E-state index contributed by atoms with van der Waals surface area (Å²) in [6.07, 6.45) is 20.3. The molecule has 3 N–H and O–H groups in total. The van der Waals surface area contributed by atoms with Crippen molar-refractivity contribution in [2.24, 2.45) is 5.92 Å². The van der Waals surface area contributed by atoms with Crippen molar-refractivity contribution in [3.05, 3.63) is 81.1 Å². The van der Waals surface area contributed by atoms with Crippen LogP contribution in [0.3, 0.4) is 0 Å². The quantitative estimate of drug-likeness (QED) is 0.0311. The van der Waals surface area contributed by atoms with Crippen LogP contribution in [-0.4, -0.2) is 59.0 Å². The average Bonchev–Trinajstić information content (AvgIpc) is 3.51. The van der Waals surface area contributed by atoms with Crippen LogP contribution in [0.25, 0.3) is 0 Å². The topological polar surface area (TPSA) is 184 Å². The van der Waals surface area contributed by atoms with Crippen molar-refractivity contribution >= 4 is 19.9 Å². The van der Waals surface area contributed by atoms with E-state index < -0.39 is 56.2 Å². The van der Waals surface area contributed by atoms with Gasteiger partial charge in [0, 0.05) is 38.3 Å².